The molecule has 1 N–H and O–H groups in total. The van der Waals surface area contributed by atoms with E-state index < -0.39 is 10.0 Å². The van der Waals surface area contributed by atoms with Crippen molar-refractivity contribution in [2.24, 2.45) is 0 Å². The summed E-state index contributed by atoms with van der Waals surface area (Å²) in [7, 11) is -1.94. The number of sulfonamides is 1. The van der Waals surface area contributed by atoms with Crippen molar-refractivity contribution in [1.82, 2.24) is 5.32 Å². The molecule has 6 nitrogen and oxygen atoms in total. The van der Waals surface area contributed by atoms with Crippen molar-refractivity contribution in [2.75, 3.05) is 24.2 Å². The predicted molar refractivity (Wildman–Crippen MR) is 137 cm³/mol. The third-order valence-corrected chi connectivity index (χ3v) is 6.89. The van der Waals surface area contributed by atoms with Gasteiger partial charge in [0.1, 0.15) is 5.75 Å². The van der Waals surface area contributed by atoms with Gasteiger partial charge in [-0.2, -0.15) is 0 Å². The molecule has 0 spiro atoms. The molecule has 1 atom stereocenters. The normalized spacial score (nSPS) is 12.1. The number of ether oxygens (including phenoxy) is 1. The molecular formula is C27H32N2O4S. The van der Waals surface area contributed by atoms with Crippen LogP contribution in [0.1, 0.15) is 41.1 Å². The Kier molecular flexibility index (Phi) is 8.34. The molecule has 3 rings (SSSR count). The van der Waals surface area contributed by atoms with Gasteiger partial charge < -0.3 is 10.1 Å². The maximum atomic E-state index is 12.9. The summed E-state index contributed by atoms with van der Waals surface area (Å²) in [5.41, 5.74) is 4.86. The van der Waals surface area contributed by atoms with Gasteiger partial charge in [0.15, 0.2) is 0 Å². The Bertz CT molecular complexity index is 1210. The zero-order valence-corrected chi connectivity index (χ0v) is 20.9. The maximum Gasteiger partial charge on any atom is 0.232 e. The van der Waals surface area contributed by atoms with Crippen LogP contribution >= 0.6 is 0 Å². The Morgan fingerprint density at radius 3 is 2.26 bits per heavy atom. The second-order valence-electron chi connectivity index (χ2n) is 8.41. The molecule has 0 aliphatic heterocycles. The van der Waals surface area contributed by atoms with Gasteiger partial charge in [0, 0.05) is 13.0 Å². The van der Waals surface area contributed by atoms with Crippen LogP contribution in [0.2, 0.25) is 0 Å². The summed E-state index contributed by atoms with van der Waals surface area (Å²) in [6.07, 6.45) is 1.76. The first-order chi connectivity index (χ1) is 16.2. The van der Waals surface area contributed by atoms with E-state index in [0.29, 0.717) is 17.9 Å². The second kappa shape index (κ2) is 11.2. The molecule has 7 heteroatoms. The van der Waals surface area contributed by atoms with E-state index in [0.717, 1.165) is 16.7 Å². The molecule has 0 saturated heterocycles. The minimum Gasteiger partial charge on any atom is -0.497 e. The van der Waals surface area contributed by atoms with Crippen molar-refractivity contribution in [2.45, 2.75) is 32.7 Å². The highest BCUT2D eigenvalue weighted by Gasteiger charge is 2.21. The number of carbonyl (C=O) groups excluding carboxylic acids is 1. The number of carbonyl (C=O) groups is 1. The molecule has 0 fully saturated rings. The third kappa shape index (κ3) is 6.60. The van der Waals surface area contributed by atoms with Crippen LogP contribution in [0.5, 0.6) is 5.75 Å². The fourth-order valence-electron chi connectivity index (χ4n) is 3.99. The number of aryl methyl sites for hydroxylation is 2. The lowest BCUT2D eigenvalue weighted by Crippen LogP contribution is -2.33. The maximum absolute atomic E-state index is 12.9. The second-order valence-corrected chi connectivity index (χ2v) is 10.3. The van der Waals surface area contributed by atoms with Gasteiger partial charge in [0.05, 0.1) is 25.1 Å². The minimum atomic E-state index is -3.49. The molecule has 0 unspecified atom stereocenters. The molecule has 34 heavy (non-hydrogen) atoms. The molecule has 1 amide bonds. The Labute approximate surface area is 202 Å². The Hall–Kier alpha value is -3.32. The van der Waals surface area contributed by atoms with Gasteiger partial charge in [-0.05, 0) is 61.2 Å². The predicted octanol–water partition coefficient (Wildman–Crippen LogP) is 4.76. The minimum absolute atomic E-state index is 0.128. The topological polar surface area (TPSA) is 75.7 Å². The highest BCUT2D eigenvalue weighted by Crippen LogP contribution is 2.26. The lowest BCUT2D eigenvalue weighted by Gasteiger charge is -2.24. The van der Waals surface area contributed by atoms with Crippen molar-refractivity contribution in [3.8, 4) is 5.75 Å². The molecular weight excluding hydrogens is 448 g/mol. The number of hydrogen-bond donors (Lipinski definition) is 1. The van der Waals surface area contributed by atoms with Crippen molar-refractivity contribution in [3.63, 3.8) is 0 Å². The molecule has 0 aliphatic rings. The molecule has 0 saturated carbocycles. The number of methoxy groups -OCH3 is 1. The summed E-state index contributed by atoms with van der Waals surface area (Å²) < 4.78 is 31.2. The van der Waals surface area contributed by atoms with E-state index in [2.05, 4.69) is 17.4 Å². The van der Waals surface area contributed by atoms with Gasteiger partial charge in [0.2, 0.25) is 15.9 Å². The van der Waals surface area contributed by atoms with Crippen LogP contribution in [0.4, 0.5) is 5.69 Å². The lowest BCUT2D eigenvalue weighted by atomic mass is 9.93. The first-order valence-corrected chi connectivity index (χ1v) is 13.1. The van der Waals surface area contributed by atoms with Crippen LogP contribution in [-0.2, 0) is 14.8 Å². The zero-order valence-electron chi connectivity index (χ0n) is 20.1. The number of nitrogens with one attached hydrogen (secondary N) is 1. The lowest BCUT2D eigenvalue weighted by molar-refractivity contribution is -0.121. The van der Waals surface area contributed by atoms with E-state index in [1.54, 1.807) is 31.4 Å². The van der Waals surface area contributed by atoms with Crippen LogP contribution in [0.3, 0.4) is 0 Å². The van der Waals surface area contributed by atoms with Gasteiger partial charge in [0.25, 0.3) is 0 Å². The summed E-state index contributed by atoms with van der Waals surface area (Å²) >= 11 is 0. The van der Waals surface area contributed by atoms with E-state index in [1.165, 1.54) is 16.1 Å². The van der Waals surface area contributed by atoms with E-state index in [4.69, 9.17) is 4.74 Å². The van der Waals surface area contributed by atoms with Gasteiger partial charge in [-0.25, -0.2) is 8.42 Å². The summed E-state index contributed by atoms with van der Waals surface area (Å²) in [6, 6.07) is 22.6. The van der Waals surface area contributed by atoms with Crippen molar-refractivity contribution >= 4 is 21.6 Å². The summed E-state index contributed by atoms with van der Waals surface area (Å²) in [4.78, 5) is 12.9. The highest BCUT2D eigenvalue weighted by molar-refractivity contribution is 7.92. The number of anilines is 1. The summed E-state index contributed by atoms with van der Waals surface area (Å²) in [5.74, 6) is 0.520. The number of hydrogen-bond acceptors (Lipinski definition) is 4. The summed E-state index contributed by atoms with van der Waals surface area (Å²) in [6.45, 7) is 4.30. The average molecular weight is 481 g/mol. The first kappa shape index (κ1) is 25.3. The number of nitrogens with zero attached hydrogens (tertiary/aromatic N) is 1. The average Bonchev–Trinajstić information content (AvgIpc) is 2.81. The molecule has 0 aliphatic carbocycles. The molecule has 0 heterocycles. The Morgan fingerprint density at radius 2 is 1.68 bits per heavy atom. The smallest absolute Gasteiger partial charge is 0.232 e. The van der Waals surface area contributed by atoms with Gasteiger partial charge in [-0.3, -0.25) is 9.10 Å². The van der Waals surface area contributed by atoms with Crippen molar-refractivity contribution < 1.29 is 17.9 Å². The largest absolute Gasteiger partial charge is 0.497 e. The van der Waals surface area contributed by atoms with Crippen molar-refractivity contribution in [3.05, 3.63) is 95.1 Å². The van der Waals surface area contributed by atoms with E-state index in [9.17, 15) is 13.2 Å². The molecule has 0 aromatic heterocycles. The van der Waals surface area contributed by atoms with Crippen LogP contribution in [0.15, 0.2) is 72.8 Å². The Balaban J connectivity index is 1.71. The van der Waals surface area contributed by atoms with Crippen molar-refractivity contribution in [1.29, 1.82) is 0 Å². The van der Waals surface area contributed by atoms with Crippen LogP contribution in [0, 0.1) is 13.8 Å². The van der Waals surface area contributed by atoms with Crippen LogP contribution in [-0.4, -0.2) is 34.2 Å². The molecule has 0 radical (unpaired) electrons. The fraction of sp³-hybridized carbons (Fsp3) is 0.296. The third-order valence-electron chi connectivity index (χ3n) is 5.70. The highest BCUT2D eigenvalue weighted by atomic mass is 32.2. The van der Waals surface area contributed by atoms with Crippen LogP contribution in [0.25, 0.3) is 0 Å². The number of amides is 1. The SMILES string of the molecule is COc1ccc(N(CCCC(=O)N[C@@H](c2ccccc2)c2ccc(C)cc2C)S(C)(=O)=O)cc1. The van der Waals surface area contributed by atoms with Gasteiger partial charge >= 0.3 is 0 Å². The molecule has 180 valence electrons. The quantitative estimate of drug-likeness (QED) is 0.454. The number of benzene rings is 3. The molecule has 3 aromatic carbocycles. The molecule has 0 bridgehead atoms. The monoisotopic (exact) mass is 480 g/mol. The summed E-state index contributed by atoms with van der Waals surface area (Å²) in [5, 5.41) is 3.15. The van der Waals surface area contributed by atoms with Crippen LogP contribution < -0.4 is 14.4 Å². The van der Waals surface area contributed by atoms with Gasteiger partial charge in [-0.15, -0.1) is 0 Å². The first-order valence-electron chi connectivity index (χ1n) is 11.2. The van der Waals surface area contributed by atoms with Gasteiger partial charge in [-0.1, -0.05) is 54.1 Å². The zero-order chi connectivity index (χ0) is 24.7. The molecule has 3 aromatic rings. The standard InChI is InChI=1S/C27H32N2O4S/c1-20-12-17-25(21(2)19-20)27(22-9-6-5-7-10-22)28-26(30)11-8-18-29(34(4,31)32)23-13-15-24(33-3)16-14-23/h5-7,9-10,12-17,19,27H,8,11,18H2,1-4H3,(H,28,30)/t27-/m0/s1. The van der Waals surface area contributed by atoms with E-state index in [-0.39, 0.29) is 24.9 Å². The fourth-order valence-corrected chi connectivity index (χ4v) is 4.95. The number of rotatable bonds is 10. The van der Waals surface area contributed by atoms with E-state index >= 15 is 0 Å². The van der Waals surface area contributed by atoms with E-state index in [1.807, 2.05) is 50.2 Å². The Morgan fingerprint density at radius 1 is 1.00 bits per heavy atom.